The molecule has 0 bridgehead atoms. The van der Waals surface area contributed by atoms with Crippen LogP contribution in [0.1, 0.15) is 12.5 Å². The quantitative estimate of drug-likeness (QED) is 0.683. The van der Waals surface area contributed by atoms with Crippen molar-refractivity contribution in [1.29, 1.82) is 5.26 Å². The van der Waals surface area contributed by atoms with Crippen LogP contribution in [0.2, 0.25) is 0 Å². The van der Waals surface area contributed by atoms with Crippen molar-refractivity contribution in [2.24, 2.45) is 0 Å². The van der Waals surface area contributed by atoms with E-state index < -0.39 is 10.5 Å². The molecule has 0 saturated heterocycles. The average molecular weight is 302 g/mol. The first-order chi connectivity index (χ1) is 9.93. The summed E-state index contributed by atoms with van der Waals surface area (Å²) in [6, 6.07) is 8.91. The Hall–Kier alpha value is -2.58. The number of anilines is 1. The fraction of sp³-hybridized carbons (Fsp3) is 0.133. The Bertz CT molecular complexity index is 699. The number of nitrogens with zero attached hydrogens (tertiary/aromatic N) is 2. The van der Waals surface area contributed by atoms with Gasteiger partial charge in [0.15, 0.2) is 0 Å². The molecule has 2 rings (SSSR count). The van der Waals surface area contributed by atoms with E-state index in [0.29, 0.717) is 11.3 Å². The minimum Gasteiger partial charge on any atom is -0.355 e. The molecule has 0 amide bonds. The number of nitrogens with one attached hydrogen (secondary N) is 1. The summed E-state index contributed by atoms with van der Waals surface area (Å²) >= 11 is 6.02. The van der Waals surface area contributed by atoms with Crippen molar-refractivity contribution in [1.82, 2.24) is 0 Å². The summed E-state index contributed by atoms with van der Waals surface area (Å²) in [4.78, 5) is 10.7. The van der Waals surface area contributed by atoms with E-state index in [-0.39, 0.29) is 5.03 Å². The van der Waals surface area contributed by atoms with Crippen LogP contribution in [0, 0.1) is 21.4 Å². The highest BCUT2D eigenvalue weighted by Gasteiger charge is 2.32. The SMILES string of the molecule is CC1([N+](=O)[O-])C=CC(Nc2ccc(C#N)cc2)=CC(Cl)=C1. The molecule has 1 aliphatic rings. The van der Waals surface area contributed by atoms with Gasteiger partial charge in [0.25, 0.3) is 5.54 Å². The maximum absolute atomic E-state index is 11.1. The van der Waals surface area contributed by atoms with Gasteiger partial charge < -0.3 is 5.32 Å². The van der Waals surface area contributed by atoms with Gasteiger partial charge in [-0.1, -0.05) is 11.6 Å². The molecule has 1 aliphatic carbocycles. The summed E-state index contributed by atoms with van der Waals surface area (Å²) in [6.45, 7) is 1.48. The summed E-state index contributed by atoms with van der Waals surface area (Å²) in [5.74, 6) is 0. The number of hydrogen-bond donors (Lipinski definition) is 1. The standard InChI is InChI=1S/C15H12ClN3O2/c1-15(19(20)21)7-6-14(8-12(16)9-15)18-13-4-2-11(10-17)3-5-13/h2-9,18H,1H3. The molecule has 0 radical (unpaired) electrons. The maximum Gasteiger partial charge on any atom is 0.257 e. The molecule has 1 unspecified atom stereocenters. The number of nitro groups is 1. The molecular formula is C15H12ClN3O2. The molecule has 6 heteroatoms. The van der Waals surface area contributed by atoms with Gasteiger partial charge in [-0.3, -0.25) is 10.1 Å². The Kier molecular flexibility index (Phi) is 4.10. The molecular weight excluding hydrogens is 290 g/mol. The molecule has 5 nitrogen and oxygen atoms in total. The summed E-state index contributed by atoms with van der Waals surface area (Å²) in [6.07, 6.45) is 6.10. The number of halogens is 1. The van der Waals surface area contributed by atoms with Gasteiger partial charge in [0.2, 0.25) is 0 Å². The molecule has 0 saturated carbocycles. The summed E-state index contributed by atoms with van der Waals surface area (Å²) < 4.78 is 0. The lowest BCUT2D eigenvalue weighted by Gasteiger charge is -2.11. The molecule has 0 heterocycles. The Balaban J connectivity index is 2.24. The third-order valence-electron chi connectivity index (χ3n) is 3.02. The first-order valence-electron chi connectivity index (χ1n) is 6.14. The molecule has 106 valence electrons. The average Bonchev–Trinajstić information content (AvgIpc) is 2.59. The van der Waals surface area contributed by atoms with Crippen molar-refractivity contribution in [3.05, 3.63) is 75.0 Å². The fourth-order valence-electron chi connectivity index (χ4n) is 1.81. The van der Waals surface area contributed by atoms with Gasteiger partial charge in [-0.2, -0.15) is 5.26 Å². The van der Waals surface area contributed by atoms with Gasteiger partial charge in [-0.15, -0.1) is 0 Å². The van der Waals surface area contributed by atoms with Crippen molar-refractivity contribution in [3.63, 3.8) is 0 Å². The van der Waals surface area contributed by atoms with Crippen molar-refractivity contribution >= 4 is 17.3 Å². The highest BCUT2D eigenvalue weighted by Crippen LogP contribution is 2.24. The predicted octanol–water partition coefficient (Wildman–Crippen LogP) is 3.58. The molecule has 1 aromatic rings. The highest BCUT2D eigenvalue weighted by atomic mass is 35.5. The van der Waals surface area contributed by atoms with E-state index in [2.05, 4.69) is 5.32 Å². The summed E-state index contributed by atoms with van der Waals surface area (Å²) in [5, 5.41) is 23.2. The number of rotatable bonds is 3. The van der Waals surface area contributed by atoms with Crippen LogP contribution >= 0.6 is 11.6 Å². The third-order valence-corrected chi connectivity index (χ3v) is 3.24. The Labute approximate surface area is 127 Å². The molecule has 0 aromatic heterocycles. The molecule has 0 fully saturated rings. The van der Waals surface area contributed by atoms with Gasteiger partial charge in [-0.05, 0) is 42.5 Å². The first kappa shape index (κ1) is 14.8. The van der Waals surface area contributed by atoms with Crippen molar-refractivity contribution in [3.8, 4) is 6.07 Å². The van der Waals surface area contributed by atoms with Crippen LogP contribution < -0.4 is 5.32 Å². The lowest BCUT2D eigenvalue weighted by molar-refractivity contribution is -0.535. The normalized spacial score (nSPS) is 20.8. The van der Waals surface area contributed by atoms with Crippen LogP contribution in [0.5, 0.6) is 0 Å². The van der Waals surface area contributed by atoms with E-state index in [1.54, 1.807) is 36.4 Å². The zero-order valence-electron chi connectivity index (χ0n) is 11.2. The molecule has 0 aliphatic heterocycles. The van der Waals surface area contributed by atoms with E-state index in [0.717, 1.165) is 5.69 Å². The number of benzene rings is 1. The van der Waals surface area contributed by atoms with Crippen LogP contribution in [-0.4, -0.2) is 10.5 Å². The van der Waals surface area contributed by atoms with Crippen molar-refractivity contribution in [2.75, 3.05) is 5.32 Å². The third kappa shape index (κ3) is 3.50. The highest BCUT2D eigenvalue weighted by molar-refractivity contribution is 6.31. The van der Waals surface area contributed by atoms with Gasteiger partial charge in [0.05, 0.1) is 11.6 Å². The smallest absolute Gasteiger partial charge is 0.257 e. The van der Waals surface area contributed by atoms with Crippen LogP contribution in [0.4, 0.5) is 5.69 Å². The van der Waals surface area contributed by atoms with Crippen molar-refractivity contribution < 1.29 is 4.92 Å². The van der Waals surface area contributed by atoms with E-state index >= 15 is 0 Å². The fourth-order valence-corrected chi connectivity index (χ4v) is 2.15. The minimum absolute atomic E-state index is 0.287. The number of nitriles is 1. The van der Waals surface area contributed by atoms with Gasteiger partial charge in [0.1, 0.15) is 0 Å². The topological polar surface area (TPSA) is 79.0 Å². The zero-order valence-corrected chi connectivity index (χ0v) is 12.0. The second kappa shape index (κ2) is 5.81. The van der Waals surface area contributed by atoms with E-state index in [1.807, 2.05) is 6.07 Å². The zero-order chi connectivity index (χ0) is 15.5. The van der Waals surface area contributed by atoms with E-state index in [4.69, 9.17) is 16.9 Å². The number of allylic oxidation sites excluding steroid dienone is 3. The minimum atomic E-state index is -1.33. The first-order valence-corrected chi connectivity index (χ1v) is 6.52. The lowest BCUT2D eigenvalue weighted by atomic mass is 10.0. The van der Waals surface area contributed by atoms with E-state index in [9.17, 15) is 10.1 Å². The molecule has 1 aromatic carbocycles. The molecule has 1 N–H and O–H groups in total. The Morgan fingerprint density at radius 3 is 2.62 bits per heavy atom. The van der Waals surface area contributed by atoms with Gasteiger partial charge >= 0.3 is 0 Å². The van der Waals surface area contributed by atoms with Crippen molar-refractivity contribution in [2.45, 2.75) is 12.5 Å². The molecule has 0 spiro atoms. The maximum atomic E-state index is 11.1. The van der Waals surface area contributed by atoms with Crippen LogP contribution in [-0.2, 0) is 0 Å². The lowest BCUT2D eigenvalue weighted by Crippen LogP contribution is -2.29. The largest absolute Gasteiger partial charge is 0.355 e. The van der Waals surface area contributed by atoms with Crippen LogP contribution in [0.25, 0.3) is 0 Å². The summed E-state index contributed by atoms with van der Waals surface area (Å²) in [5.41, 5.74) is 0.622. The van der Waals surface area contributed by atoms with Gasteiger partial charge in [0, 0.05) is 34.3 Å². The van der Waals surface area contributed by atoms with E-state index in [1.165, 1.54) is 19.1 Å². The summed E-state index contributed by atoms with van der Waals surface area (Å²) in [7, 11) is 0. The number of hydrogen-bond acceptors (Lipinski definition) is 4. The predicted molar refractivity (Wildman–Crippen MR) is 81.3 cm³/mol. The van der Waals surface area contributed by atoms with Gasteiger partial charge in [-0.25, -0.2) is 0 Å². The molecule has 21 heavy (non-hydrogen) atoms. The Morgan fingerprint density at radius 1 is 1.38 bits per heavy atom. The second-order valence-electron chi connectivity index (χ2n) is 4.76. The monoisotopic (exact) mass is 301 g/mol. The second-order valence-corrected chi connectivity index (χ2v) is 5.20. The molecule has 1 atom stereocenters. The Morgan fingerprint density at radius 2 is 2.05 bits per heavy atom. The van der Waals surface area contributed by atoms with Crippen LogP contribution in [0.15, 0.2) is 59.3 Å². The van der Waals surface area contributed by atoms with Crippen LogP contribution in [0.3, 0.4) is 0 Å².